The topological polar surface area (TPSA) is 70.1 Å². The number of hydrogen-bond donors (Lipinski definition) is 1. The first-order chi connectivity index (χ1) is 9.70. The quantitative estimate of drug-likeness (QED) is 0.571. The number of hydrogen-bond acceptors (Lipinski definition) is 4. The zero-order valence-corrected chi connectivity index (χ0v) is 10.9. The van der Waals surface area contributed by atoms with Crippen molar-refractivity contribution in [1.82, 2.24) is 9.78 Å². The van der Waals surface area contributed by atoms with Crippen LogP contribution in [0, 0.1) is 0 Å². The first-order valence-corrected chi connectivity index (χ1v) is 6.11. The fourth-order valence-electron chi connectivity index (χ4n) is 2.14. The smallest absolute Gasteiger partial charge is 0.337 e. The molecule has 0 fully saturated rings. The Bertz CT molecular complexity index is 793. The highest BCUT2D eigenvalue weighted by Gasteiger charge is 2.12. The summed E-state index contributed by atoms with van der Waals surface area (Å²) < 4.78 is 6.45. The minimum absolute atomic E-state index is 0.400. The standard InChI is InChI=1S/C15H13N3O2/c1-20-15(19)10-6-7-12(16)14(8-10)18-13-5-3-2-4-11(13)9-17-18/h2-9H,16H2,1H3. The van der Waals surface area contributed by atoms with Crippen molar-refractivity contribution in [2.45, 2.75) is 0 Å². The molecule has 5 nitrogen and oxygen atoms in total. The number of esters is 1. The van der Waals surface area contributed by atoms with Crippen molar-refractivity contribution in [2.75, 3.05) is 12.8 Å². The summed E-state index contributed by atoms with van der Waals surface area (Å²) >= 11 is 0. The Balaban J connectivity index is 2.21. The predicted octanol–water partition coefficient (Wildman–Crippen LogP) is 2.39. The molecule has 3 rings (SSSR count). The summed E-state index contributed by atoms with van der Waals surface area (Å²) in [4.78, 5) is 11.6. The normalized spacial score (nSPS) is 10.7. The minimum Gasteiger partial charge on any atom is -0.465 e. The van der Waals surface area contributed by atoms with E-state index in [4.69, 9.17) is 10.5 Å². The van der Waals surface area contributed by atoms with Gasteiger partial charge in [-0.25, -0.2) is 9.48 Å². The molecule has 2 aromatic carbocycles. The number of carbonyl (C=O) groups excluding carboxylic acids is 1. The molecule has 3 aromatic rings. The number of fused-ring (bicyclic) bond motifs is 1. The van der Waals surface area contributed by atoms with E-state index in [9.17, 15) is 4.79 Å². The van der Waals surface area contributed by atoms with Crippen LogP contribution in [-0.4, -0.2) is 22.9 Å². The van der Waals surface area contributed by atoms with Crippen LogP contribution >= 0.6 is 0 Å². The Morgan fingerprint density at radius 2 is 2.05 bits per heavy atom. The van der Waals surface area contributed by atoms with E-state index in [1.165, 1.54) is 7.11 Å². The van der Waals surface area contributed by atoms with Gasteiger partial charge in [0.25, 0.3) is 0 Å². The van der Waals surface area contributed by atoms with Crippen molar-refractivity contribution in [3.05, 3.63) is 54.2 Å². The van der Waals surface area contributed by atoms with Crippen molar-refractivity contribution >= 4 is 22.6 Å². The van der Waals surface area contributed by atoms with Crippen molar-refractivity contribution in [3.63, 3.8) is 0 Å². The van der Waals surface area contributed by atoms with Gasteiger partial charge in [0.15, 0.2) is 0 Å². The fourth-order valence-corrected chi connectivity index (χ4v) is 2.14. The molecule has 0 unspecified atom stereocenters. The molecule has 0 saturated carbocycles. The van der Waals surface area contributed by atoms with E-state index >= 15 is 0 Å². The summed E-state index contributed by atoms with van der Waals surface area (Å²) in [5.74, 6) is -0.400. The number of nitrogen functional groups attached to an aromatic ring is 1. The van der Waals surface area contributed by atoms with Gasteiger partial charge in [0.1, 0.15) is 0 Å². The molecule has 0 spiro atoms. The second-order valence-corrected chi connectivity index (χ2v) is 4.38. The van der Waals surface area contributed by atoms with Gasteiger partial charge >= 0.3 is 5.97 Å². The van der Waals surface area contributed by atoms with E-state index in [1.54, 1.807) is 29.1 Å². The third-order valence-electron chi connectivity index (χ3n) is 3.16. The zero-order chi connectivity index (χ0) is 14.1. The van der Waals surface area contributed by atoms with Crippen molar-refractivity contribution in [1.29, 1.82) is 0 Å². The molecule has 1 heterocycles. The Hall–Kier alpha value is -2.82. The van der Waals surface area contributed by atoms with Crippen LogP contribution in [0.25, 0.3) is 16.6 Å². The van der Waals surface area contributed by atoms with Crippen molar-refractivity contribution < 1.29 is 9.53 Å². The highest BCUT2D eigenvalue weighted by Crippen LogP contribution is 2.23. The largest absolute Gasteiger partial charge is 0.465 e. The lowest BCUT2D eigenvalue weighted by Gasteiger charge is -2.09. The highest BCUT2D eigenvalue weighted by molar-refractivity contribution is 5.91. The molecule has 0 aliphatic heterocycles. The highest BCUT2D eigenvalue weighted by atomic mass is 16.5. The number of ether oxygens (including phenoxy) is 1. The molecule has 0 bridgehead atoms. The maximum absolute atomic E-state index is 11.6. The maximum atomic E-state index is 11.6. The van der Waals surface area contributed by atoms with Crippen molar-refractivity contribution in [3.8, 4) is 5.69 Å². The summed E-state index contributed by atoms with van der Waals surface area (Å²) in [6.07, 6.45) is 1.76. The van der Waals surface area contributed by atoms with Gasteiger partial charge in [0.05, 0.1) is 35.8 Å². The van der Waals surface area contributed by atoms with Gasteiger partial charge < -0.3 is 10.5 Å². The number of para-hydroxylation sites is 1. The summed E-state index contributed by atoms with van der Waals surface area (Å²) in [6.45, 7) is 0. The molecule has 0 saturated heterocycles. The van der Waals surface area contributed by atoms with E-state index in [2.05, 4.69) is 5.10 Å². The van der Waals surface area contributed by atoms with Crippen LogP contribution in [0.1, 0.15) is 10.4 Å². The van der Waals surface area contributed by atoms with Gasteiger partial charge in [0, 0.05) is 5.39 Å². The molecule has 0 aliphatic rings. The Kier molecular flexibility index (Phi) is 2.87. The Labute approximate surface area is 115 Å². The lowest BCUT2D eigenvalue weighted by Crippen LogP contribution is -2.06. The Morgan fingerprint density at radius 3 is 2.85 bits per heavy atom. The van der Waals surface area contributed by atoms with Crippen LogP contribution < -0.4 is 5.73 Å². The number of rotatable bonds is 2. The predicted molar refractivity (Wildman–Crippen MR) is 76.8 cm³/mol. The molecule has 0 radical (unpaired) electrons. The molecule has 5 heteroatoms. The SMILES string of the molecule is COC(=O)c1ccc(N)c(-n2ncc3ccccc32)c1. The first-order valence-electron chi connectivity index (χ1n) is 6.11. The third-order valence-corrected chi connectivity index (χ3v) is 3.16. The maximum Gasteiger partial charge on any atom is 0.337 e. The van der Waals surface area contributed by atoms with Gasteiger partial charge in [-0.2, -0.15) is 5.10 Å². The van der Waals surface area contributed by atoms with Gasteiger partial charge in [-0.1, -0.05) is 18.2 Å². The third kappa shape index (κ3) is 1.89. The summed E-state index contributed by atoms with van der Waals surface area (Å²) in [5.41, 5.74) is 8.58. The summed E-state index contributed by atoms with van der Waals surface area (Å²) in [7, 11) is 1.35. The Morgan fingerprint density at radius 1 is 1.25 bits per heavy atom. The van der Waals surface area contributed by atoms with Crippen LogP contribution in [0.15, 0.2) is 48.7 Å². The van der Waals surface area contributed by atoms with Crippen LogP contribution in [0.2, 0.25) is 0 Å². The van der Waals surface area contributed by atoms with E-state index in [-0.39, 0.29) is 0 Å². The van der Waals surface area contributed by atoms with Crippen LogP contribution in [-0.2, 0) is 4.74 Å². The number of carbonyl (C=O) groups is 1. The molecular formula is C15H13N3O2. The lowest BCUT2D eigenvalue weighted by molar-refractivity contribution is 0.0600. The van der Waals surface area contributed by atoms with Crippen LogP contribution in [0.4, 0.5) is 5.69 Å². The van der Waals surface area contributed by atoms with E-state index in [0.29, 0.717) is 16.9 Å². The van der Waals surface area contributed by atoms with Gasteiger partial charge in [-0.3, -0.25) is 0 Å². The molecular weight excluding hydrogens is 254 g/mol. The van der Waals surface area contributed by atoms with Crippen molar-refractivity contribution in [2.24, 2.45) is 0 Å². The second-order valence-electron chi connectivity index (χ2n) is 4.38. The van der Waals surface area contributed by atoms with Crippen LogP contribution in [0.5, 0.6) is 0 Å². The first kappa shape index (κ1) is 12.2. The molecule has 100 valence electrons. The summed E-state index contributed by atoms with van der Waals surface area (Å²) in [5, 5.41) is 5.35. The molecule has 20 heavy (non-hydrogen) atoms. The lowest BCUT2D eigenvalue weighted by atomic mass is 10.1. The number of nitrogens with zero attached hydrogens (tertiary/aromatic N) is 2. The molecule has 0 aliphatic carbocycles. The minimum atomic E-state index is -0.400. The number of methoxy groups -OCH3 is 1. The number of aromatic nitrogens is 2. The second kappa shape index (κ2) is 4.70. The van der Waals surface area contributed by atoms with Gasteiger partial charge in [-0.15, -0.1) is 0 Å². The van der Waals surface area contributed by atoms with Gasteiger partial charge in [-0.05, 0) is 24.3 Å². The molecule has 2 N–H and O–H groups in total. The molecule has 0 atom stereocenters. The molecule has 1 aromatic heterocycles. The van der Waals surface area contributed by atoms with Gasteiger partial charge in [0.2, 0.25) is 0 Å². The van der Waals surface area contributed by atoms with E-state index < -0.39 is 5.97 Å². The number of anilines is 1. The van der Waals surface area contributed by atoms with E-state index in [0.717, 1.165) is 10.9 Å². The monoisotopic (exact) mass is 267 g/mol. The average molecular weight is 267 g/mol. The fraction of sp³-hybridized carbons (Fsp3) is 0.0667. The van der Waals surface area contributed by atoms with Crippen LogP contribution in [0.3, 0.4) is 0 Å². The number of nitrogens with two attached hydrogens (primary N) is 1. The number of benzene rings is 2. The zero-order valence-electron chi connectivity index (χ0n) is 10.9. The summed E-state index contributed by atoms with van der Waals surface area (Å²) in [6, 6.07) is 12.8. The average Bonchev–Trinajstić information content (AvgIpc) is 2.91. The van der Waals surface area contributed by atoms with E-state index in [1.807, 2.05) is 24.3 Å². The molecule has 0 amide bonds.